The third-order valence-electron chi connectivity index (χ3n) is 3.72. The molecule has 0 radical (unpaired) electrons. The number of aryl methyl sites for hydroxylation is 2. The lowest BCUT2D eigenvalue weighted by Gasteiger charge is -2.17. The molecule has 6 heteroatoms. The quantitative estimate of drug-likeness (QED) is 0.650. The summed E-state index contributed by atoms with van der Waals surface area (Å²) in [7, 11) is 0. The maximum absolute atomic E-state index is 12.4. The number of anilines is 3. The number of nitrogens with one attached hydrogen (secondary N) is 3. The van der Waals surface area contributed by atoms with Crippen LogP contribution in [0.3, 0.4) is 0 Å². The molecule has 0 heterocycles. The van der Waals surface area contributed by atoms with E-state index in [0.29, 0.717) is 11.4 Å². The third-order valence-corrected chi connectivity index (χ3v) is 3.72. The molecule has 1 atom stereocenters. The lowest BCUT2D eigenvalue weighted by molar-refractivity contribution is -0.119. The molecule has 2 aromatic rings. The lowest BCUT2D eigenvalue weighted by atomic mass is 10.1. The molecule has 0 spiro atoms. The average molecular weight is 341 g/mol. The van der Waals surface area contributed by atoms with Crippen LogP contribution in [0.2, 0.25) is 0 Å². The van der Waals surface area contributed by atoms with Gasteiger partial charge in [0.2, 0.25) is 11.8 Å². The fourth-order valence-corrected chi connectivity index (χ4v) is 2.31. The summed E-state index contributed by atoms with van der Waals surface area (Å²) in [5.74, 6) is -0.642. The van der Waals surface area contributed by atoms with Crippen LogP contribution in [-0.2, 0) is 9.59 Å². The first kappa shape index (κ1) is 18.5. The Morgan fingerprint density at radius 2 is 1.76 bits per heavy atom. The van der Waals surface area contributed by atoms with Crippen molar-refractivity contribution in [3.63, 3.8) is 0 Å². The Kier molecular flexibility index (Phi) is 6.14. The normalized spacial score (nSPS) is 11.5. The Balaban J connectivity index is 2.02. The van der Waals surface area contributed by atoms with Crippen molar-refractivity contribution in [3.8, 4) is 0 Å². The smallest absolute Gasteiger partial charge is 0.250 e. The van der Waals surface area contributed by atoms with Crippen LogP contribution in [0.25, 0.3) is 0 Å². The first-order valence-corrected chi connectivity index (χ1v) is 8.04. The van der Waals surface area contributed by atoms with E-state index in [1.165, 1.54) is 0 Å². The highest BCUT2D eigenvalue weighted by Crippen LogP contribution is 2.18. The second-order valence-corrected chi connectivity index (χ2v) is 5.96. The number of carbonyl (C=O) groups excluding carboxylic acids is 2. The van der Waals surface area contributed by atoms with Gasteiger partial charge in [0.15, 0.2) is 0 Å². The van der Waals surface area contributed by atoms with Crippen molar-refractivity contribution in [2.24, 2.45) is 0 Å². The van der Waals surface area contributed by atoms with Crippen molar-refractivity contribution in [1.82, 2.24) is 0 Å². The van der Waals surface area contributed by atoms with Crippen LogP contribution in [-0.4, -0.2) is 29.6 Å². The molecule has 25 heavy (non-hydrogen) atoms. The molecule has 0 saturated carbocycles. The van der Waals surface area contributed by atoms with Gasteiger partial charge in [-0.15, -0.1) is 0 Å². The molecule has 0 saturated heterocycles. The van der Waals surface area contributed by atoms with E-state index in [2.05, 4.69) is 16.0 Å². The Labute approximate surface area is 147 Å². The SMILES string of the molecule is Cc1ccc(C)c(NC(=O)[C@H](C)Nc2cccc(NC(=O)CO)c2)c1. The molecule has 0 aliphatic rings. The number of aliphatic hydroxyl groups is 1. The fourth-order valence-electron chi connectivity index (χ4n) is 2.31. The number of hydrogen-bond donors (Lipinski definition) is 4. The highest BCUT2D eigenvalue weighted by molar-refractivity contribution is 5.97. The van der Waals surface area contributed by atoms with Gasteiger partial charge in [0.05, 0.1) is 0 Å². The van der Waals surface area contributed by atoms with Gasteiger partial charge in [-0.1, -0.05) is 18.2 Å². The first-order chi connectivity index (χ1) is 11.9. The zero-order valence-electron chi connectivity index (χ0n) is 14.6. The van der Waals surface area contributed by atoms with Gasteiger partial charge in [0, 0.05) is 17.1 Å². The fraction of sp³-hybridized carbons (Fsp3) is 0.263. The monoisotopic (exact) mass is 341 g/mol. The van der Waals surface area contributed by atoms with E-state index in [9.17, 15) is 9.59 Å². The molecular formula is C19H23N3O3. The van der Waals surface area contributed by atoms with Crippen LogP contribution >= 0.6 is 0 Å². The number of aliphatic hydroxyl groups excluding tert-OH is 1. The van der Waals surface area contributed by atoms with Crippen LogP contribution < -0.4 is 16.0 Å². The molecule has 2 amide bonds. The van der Waals surface area contributed by atoms with Gasteiger partial charge in [-0.05, 0) is 56.2 Å². The summed E-state index contributed by atoms with van der Waals surface area (Å²) in [5, 5.41) is 17.4. The highest BCUT2D eigenvalue weighted by Gasteiger charge is 2.14. The van der Waals surface area contributed by atoms with E-state index >= 15 is 0 Å². The topological polar surface area (TPSA) is 90.5 Å². The van der Waals surface area contributed by atoms with Crippen molar-refractivity contribution in [1.29, 1.82) is 0 Å². The standard InChI is InChI=1S/C19H23N3O3/c1-12-7-8-13(2)17(9-12)22-19(25)14(3)20-15-5-4-6-16(10-15)21-18(24)11-23/h4-10,14,20,23H,11H2,1-3H3,(H,21,24)(H,22,25)/t14-/m0/s1. The minimum Gasteiger partial charge on any atom is -0.387 e. The molecule has 0 aromatic heterocycles. The van der Waals surface area contributed by atoms with E-state index in [0.717, 1.165) is 16.8 Å². The molecule has 0 unspecified atom stereocenters. The summed E-state index contributed by atoms with van der Waals surface area (Å²) in [5.41, 5.74) is 4.11. The molecule has 0 aliphatic carbocycles. The number of benzene rings is 2. The summed E-state index contributed by atoms with van der Waals surface area (Å²) >= 11 is 0. The second kappa shape index (κ2) is 8.30. The second-order valence-electron chi connectivity index (χ2n) is 5.96. The summed E-state index contributed by atoms with van der Waals surface area (Å²) < 4.78 is 0. The highest BCUT2D eigenvalue weighted by atomic mass is 16.3. The van der Waals surface area contributed by atoms with Crippen molar-refractivity contribution in [2.75, 3.05) is 22.6 Å². The number of carbonyl (C=O) groups is 2. The van der Waals surface area contributed by atoms with Crippen molar-refractivity contribution in [3.05, 3.63) is 53.6 Å². The molecular weight excluding hydrogens is 318 g/mol. The first-order valence-electron chi connectivity index (χ1n) is 8.04. The van der Waals surface area contributed by atoms with Gasteiger partial charge >= 0.3 is 0 Å². The molecule has 132 valence electrons. The number of hydrogen-bond acceptors (Lipinski definition) is 4. The molecule has 0 aliphatic heterocycles. The van der Waals surface area contributed by atoms with Crippen LogP contribution in [0.4, 0.5) is 17.1 Å². The van der Waals surface area contributed by atoms with E-state index in [1.54, 1.807) is 31.2 Å². The van der Waals surface area contributed by atoms with Gasteiger partial charge in [-0.25, -0.2) is 0 Å². The van der Waals surface area contributed by atoms with Gasteiger partial charge in [0.1, 0.15) is 12.6 Å². The Bertz CT molecular complexity index is 774. The van der Waals surface area contributed by atoms with Gasteiger partial charge in [-0.3, -0.25) is 9.59 Å². The summed E-state index contributed by atoms with van der Waals surface area (Å²) in [6.07, 6.45) is 0. The van der Waals surface area contributed by atoms with Gasteiger partial charge in [0.25, 0.3) is 0 Å². The summed E-state index contributed by atoms with van der Waals surface area (Å²) in [4.78, 5) is 23.7. The molecule has 6 nitrogen and oxygen atoms in total. The van der Waals surface area contributed by atoms with E-state index in [1.807, 2.05) is 32.0 Å². The maximum atomic E-state index is 12.4. The Morgan fingerprint density at radius 3 is 2.48 bits per heavy atom. The molecule has 2 aromatic carbocycles. The molecule has 4 N–H and O–H groups in total. The third kappa shape index (κ3) is 5.32. The zero-order chi connectivity index (χ0) is 18.4. The summed E-state index contributed by atoms with van der Waals surface area (Å²) in [6, 6.07) is 12.4. The largest absolute Gasteiger partial charge is 0.387 e. The predicted molar refractivity (Wildman–Crippen MR) is 99.8 cm³/mol. The van der Waals surface area contributed by atoms with Gasteiger partial charge < -0.3 is 21.1 Å². The average Bonchev–Trinajstić information content (AvgIpc) is 2.58. The lowest BCUT2D eigenvalue weighted by Crippen LogP contribution is -2.32. The Morgan fingerprint density at radius 1 is 1.04 bits per heavy atom. The predicted octanol–water partition coefficient (Wildman–Crippen LogP) is 2.67. The molecule has 0 fully saturated rings. The number of rotatable bonds is 6. The van der Waals surface area contributed by atoms with E-state index in [-0.39, 0.29) is 5.91 Å². The molecule has 0 bridgehead atoms. The Hall–Kier alpha value is -2.86. The number of amides is 2. The van der Waals surface area contributed by atoms with Crippen LogP contribution in [0, 0.1) is 13.8 Å². The van der Waals surface area contributed by atoms with Gasteiger partial charge in [-0.2, -0.15) is 0 Å². The van der Waals surface area contributed by atoms with Crippen LogP contribution in [0.5, 0.6) is 0 Å². The van der Waals surface area contributed by atoms with Crippen molar-refractivity contribution < 1.29 is 14.7 Å². The molecule has 2 rings (SSSR count). The summed E-state index contributed by atoms with van der Waals surface area (Å²) in [6.45, 7) is 5.11. The van der Waals surface area contributed by atoms with Crippen molar-refractivity contribution in [2.45, 2.75) is 26.8 Å². The minimum absolute atomic E-state index is 0.154. The maximum Gasteiger partial charge on any atom is 0.250 e. The van der Waals surface area contributed by atoms with Crippen LogP contribution in [0.15, 0.2) is 42.5 Å². The van der Waals surface area contributed by atoms with E-state index in [4.69, 9.17) is 5.11 Å². The zero-order valence-corrected chi connectivity index (χ0v) is 14.6. The van der Waals surface area contributed by atoms with Crippen molar-refractivity contribution >= 4 is 28.9 Å². The van der Waals surface area contributed by atoms with E-state index < -0.39 is 18.6 Å². The van der Waals surface area contributed by atoms with Crippen LogP contribution in [0.1, 0.15) is 18.1 Å². The minimum atomic E-state index is -0.577.